The van der Waals surface area contributed by atoms with Gasteiger partial charge in [-0.1, -0.05) is 0 Å². The lowest BCUT2D eigenvalue weighted by atomic mass is 10.0. The molecule has 1 saturated heterocycles. The van der Waals surface area contributed by atoms with Crippen LogP contribution in [0.5, 0.6) is 0 Å². The summed E-state index contributed by atoms with van der Waals surface area (Å²) < 4.78 is 36.4. The summed E-state index contributed by atoms with van der Waals surface area (Å²) in [7, 11) is -5.49. The second-order valence-electron chi connectivity index (χ2n) is 4.92. The van der Waals surface area contributed by atoms with Gasteiger partial charge < -0.3 is 29.4 Å². The zero-order chi connectivity index (χ0) is 18.0. The summed E-state index contributed by atoms with van der Waals surface area (Å²) in [6, 6.07) is 0. The van der Waals surface area contributed by atoms with E-state index in [1.807, 2.05) is 0 Å². The molecular weight excluding hydrogens is 370 g/mol. The highest BCUT2D eigenvalue weighted by molar-refractivity contribution is 7.47. The Kier molecular flexibility index (Phi) is 6.29. The molecular formula is C10H16N2O10P2. The maximum Gasteiger partial charge on any atom is 0.328 e. The van der Waals surface area contributed by atoms with Crippen LogP contribution in [0.3, 0.4) is 0 Å². The van der Waals surface area contributed by atoms with Crippen molar-refractivity contribution in [2.45, 2.75) is 24.4 Å². The Morgan fingerprint density at radius 3 is 2.62 bits per heavy atom. The third-order valence-electron chi connectivity index (χ3n) is 3.41. The lowest BCUT2D eigenvalue weighted by Crippen LogP contribution is -2.37. The van der Waals surface area contributed by atoms with Gasteiger partial charge in [-0.15, -0.1) is 0 Å². The summed E-state index contributed by atoms with van der Waals surface area (Å²) >= 11 is 0. The van der Waals surface area contributed by atoms with Crippen molar-refractivity contribution < 1.29 is 37.8 Å². The van der Waals surface area contributed by atoms with E-state index >= 15 is 0 Å². The number of nitrogens with one attached hydrogen (secondary N) is 1. The van der Waals surface area contributed by atoms with Gasteiger partial charge in [0.2, 0.25) is 0 Å². The fourth-order valence-corrected chi connectivity index (χ4v) is 3.29. The Morgan fingerprint density at radius 1 is 1.33 bits per heavy atom. The van der Waals surface area contributed by atoms with Gasteiger partial charge >= 0.3 is 22.2 Å². The summed E-state index contributed by atoms with van der Waals surface area (Å²) in [6.07, 6.45) is -4.33. The van der Waals surface area contributed by atoms with E-state index in [1.54, 1.807) is 0 Å². The van der Waals surface area contributed by atoms with Crippen LogP contribution < -0.4 is 11.2 Å². The second-order valence-corrected chi connectivity index (χ2v) is 7.06. The molecule has 136 valence electrons. The first-order valence-electron chi connectivity index (χ1n) is 6.60. The molecule has 0 aliphatic carbocycles. The quantitative estimate of drug-likeness (QED) is 0.401. The lowest BCUT2D eigenvalue weighted by molar-refractivity contribution is -0.0177. The number of aromatic nitrogens is 2. The van der Waals surface area contributed by atoms with Crippen molar-refractivity contribution in [3.8, 4) is 0 Å². The van der Waals surface area contributed by atoms with Crippen molar-refractivity contribution in [2.24, 2.45) is 7.05 Å². The van der Waals surface area contributed by atoms with Crippen molar-refractivity contribution in [3.63, 3.8) is 0 Å². The summed E-state index contributed by atoms with van der Waals surface area (Å²) in [5.41, 5.74) is -1.46. The van der Waals surface area contributed by atoms with E-state index in [2.05, 4.69) is 13.8 Å². The molecule has 12 nitrogen and oxygen atoms in total. The van der Waals surface area contributed by atoms with Crippen LogP contribution in [-0.2, 0) is 29.7 Å². The molecule has 14 heteroatoms. The van der Waals surface area contributed by atoms with Crippen LogP contribution in [-0.4, -0.2) is 49.6 Å². The molecule has 6 atom stereocenters. The molecule has 2 heterocycles. The molecule has 24 heavy (non-hydrogen) atoms. The Balaban J connectivity index is 2.12. The monoisotopic (exact) mass is 386 g/mol. The van der Waals surface area contributed by atoms with Gasteiger partial charge in [0, 0.05) is 13.2 Å². The first kappa shape index (κ1) is 19.2. The smallest absolute Gasteiger partial charge is 0.328 e. The van der Waals surface area contributed by atoms with E-state index in [9.17, 15) is 28.9 Å². The molecule has 1 aromatic heterocycles. The SMILES string of the molecule is Cn1c(=O)[nH]cc([C@@H]2O[C@H](CO[PH](=O)O[PH](=O)O)C(O)C2O)c1=O. The Labute approximate surface area is 135 Å². The molecule has 0 bridgehead atoms. The molecule has 4 N–H and O–H groups in total. The van der Waals surface area contributed by atoms with Gasteiger partial charge in [0.1, 0.15) is 24.4 Å². The van der Waals surface area contributed by atoms with Crippen molar-refractivity contribution in [2.75, 3.05) is 6.61 Å². The minimum absolute atomic E-state index is 0.0875. The van der Waals surface area contributed by atoms with Crippen molar-refractivity contribution in [1.29, 1.82) is 0 Å². The molecule has 0 saturated carbocycles. The van der Waals surface area contributed by atoms with Gasteiger partial charge in [-0.2, -0.15) is 0 Å². The van der Waals surface area contributed by atoms with E-state index < -0.39 is 58.8 Å². The minimum Gasteiger partial charge on any atom is -0.387 e. The van der Waals surface area contributed by atoms with Crippen LogP contribution >= 0.6 is 16.5 Å². The van der Waals surface area contributed by atoms with E-state index in [1.165, 1.54) is 7.05 Å². The van der Waals surface area contributed by atoms with E-state index in [-0.39, 0.29) is 5.56 Å². The van der Waals surface area contributed by atoms with Crippen LogP contribution in [0.4, 0.5) is 0 Å². The third-order valence-corrected chi connectivity index (χ3v) is 5.18. The molecule has 1 fully saturated rings. The fraction of sp³-hybridized carbons (Fsp3) is 0.600. The topological polar surface area (TPSA) is 177 Å². The fourth-order valence-electron chi connectivity index (χ4n) is 2.18. The van der Waals surface area contributed by atoms with Crippen molar-refractivity contribution >= 4 is 16.5 Å². The highest BCUT2D eigenvalue weighted by atomic mass is 31.2. The number of aromatic amines is 1. The zero-order valence-corrected chi connectivity index (χ0v) is 14.2. The number of aliphatic hydroxyl groups excluding tert-OH is 2. The molecule has 1 aliphatic rings. The molecule has 0 spiro atoms. The Hall–Kier alpha value is -1.10. The maximum absolute atomic E-state index is 12.0. The maximum atomic E-state index is 12.0. The van der Waals surface area contributed by atoms with Crippen LogP contribution in [0.15, 0.2) is 15.8 Å². The summed E-state index contributed by atoms with van der Waals surface area (Å²) in [4.78, 5) is 34.1. The first-order chi connectivity index (χ1) is 11.2. The number of H-pyrrole nitrogens is 1. The van der Waals surface area contributed by atoms with E-state index in [4.69, 9.17) is 9.63 Å². The Morgan fingerprint density at radius 2 is 2.00 bits per heavy atom. The molecule has 2 rings (SSSR count). The Bertz CT molecular complexity index is 761. The molecule has 0 radical (unpaired) electrons. The minimum atomic E-state index is -3.44. The lowest BCUT2D eigenvalue weighted by Gasteiger charge is -2.14. The molecule has 4 unspecified atom stereocenters. The number of hydrogen-bond donors (Lipinski definition) is 4. The predicted octanol–water partition coefficient (Wildman–Crippen LogP) is -1.96. The standard InChI is InChI=1S/C10H16N2O10P2/c1-12-9(15)4(2-11-10(12)16)8-7(14)6(13)5(21-8)3-20-24(19)22-23(17)18/h2,5-8,13-14,23-24H,3H2,1H3,(H,11,16)(H,17,18)/t5-,6?,7?,8+/m1/s1. The van der Waals surface area contributed by atoms with E-state index in [0.717, 1.165) is 10.8 Å². The zero-order valence-electron chi connectivity index (χ0n) is 12.2. The highest BCUT2D eigenvalue weighted by Gasteiger charge is 2.45. The largest absolute Gasteiger partial charge is 0.387 e. The number of nitrogens with zero attached hydrogens (tertiary/aromatic N) is 1. The van der Waals surface area contributed by atoms with Gasteiger partial charge in [0.25, 0.3) is 5.56 Å². The van der Waals surface area contributed by atoms with Crippen LogP contribution in [0.25, 0.3) is 0 Å². The van der Waals surface area contributed by atoms with Gasteiger partial charge in [0.05, 0.1) is 12.2 Å². The van der Waals surface area contributed by atoms with Gasteiger partial charge in [-0.05, 0) is 0 Å². The summed E-state index contributed by atoms with van der Waals surface area (Å²) in [5.74, 6) is 0. The van der Waals surface area contributed by atoms with Crippen LogP contribution in [0, 0.1) is 0 Å². The van der Waals surface area contributed by atoms with Gasteiger partial charge in [-0.25, -0.2) is 9.11 Å². The molecule has 1 aliphatic heterocycles. The highest BCUT2D eigenvalue weighted by Crippen LogP contribution is 2.38. The van der Waals surface area contributed by atoms with Gasteiger partial charge in [-0.3, -0.25) is 18.5 Å². The first-order valence-corrected chi connectivity index (χ1v) is 9.09. The number of ether oxygens (including phenoxy) is 1. The van der Waals surface area contributed by atoms with Gasteiger partial charge in [0.15, 0.2) is 0 Å². The number of hydrogen-bond acceptors (Lipinski definition) is 9. The molecule has 0 aromatic carbocycles. The van der Waals surface area contributed by atoms with Crippen molar-refractivity contribution in [1.82, 2.24) is 9.55 Å². The number of aliphatic hydroxyl groups is 2. The predicted molar refractivity (Wildman–Crippen MR) is 79.2 cm³/mol. The van der Waals surface area contributed by atoms with Crippen molar-refractivity contribution in [3.05, 3.63) is 32.6 Å². The molecule has 1 aromatic rings. The normalized spacial score (nSPS) is 29.5. The van der Waals surface area contributed by atoms with Crippen LogP contribution in [0.2, 0.25) is 0 Å². The average Bonchev–Trinajstić information content (AvgIpc) is 2.78. The van der Waals surface area contributed by atoms with Crippen LogP contribution in [0.1, 0.15) is 11.7 Å². The second kappa shape index (κ2) is 7.85. The summed E-state index contributed by atoms with van der Waals surface area (Å²) in [5, 5.41) is 19.9. The van der Waals surface area contributed by atoms with E-state index in [0.29, 0.717) is 0 Å². The summed E-state index contributed by atoms with van der Waals surface area (Å²) in [6.45, 7) is -0.509. The molecule has 0 amide bonds. The third kappa shape index (κ3) is 4.11. The number of rotatable bonds is 6. The average molecular weight is 386 g/mol.